The third kappa shape index (κ3) is 4.81. The fourth-order valence-electron chi connectivity index (χ4n) is 3.19. The van der Waals surface area contributed by atoms with Crippen LogP contribution in [-0.2, 0) is 4.79 Å². The van der Waals surface area contributed by atoms with Gasteiger partial charge in [0.2, 0.25) is 0 Å². The van der Waals surface area contributed by atoms with Gasteiger partial charge in [0.25, 0.3) is 0 Å². The molecule has 22 heavy (non-hydrogen) atoms. The van der Waals surface area contributed by atoms with Crippen LogP contribution in [0.3, 0.4) is 0 Å². The first-order valence-electron chi connectivity index (χ1n) is 8.70. The molecule has 0 amide bonds. The third-order valence-electron chi connectivity index (χ3n) is 4.55. The zero-order valence-corrected chi connectivity index (χ0v) is 13.6. The van der Waals surface area contributed by atoms with Crippen molar-refractivity contribution in [3.05, 3.63) is 47.5 Å². The van der Waals surface area contributed by atoms with E-state index in [-0.39, 0.29) is 5.78 Å². The average Bonchev–Trinajstić information content (AvgIpc) is 2.58. The summed E-state index contributed by atoms with van der Waals surface area (Å²) in [5.41, 5.74) is 1.43. The van der Waals surface area contributed by atoms with E-state index >= 15 is 0 Å². The van der Waals surface area contributed by atoms with Crippen LogP contribution in [0.5, 0.6) is 0 Å². The molecule has 0 saturated heterocycles. The smallest absolute Gasteiger partial charge is 0.161 e. The van der Waals surface area contributed by atoms with Crippen molar-refractivity contribution in [2.24, 2.45) is 5.92 Å². The molecule has 0 aromatic heterocycles. The third-order valence-corrected chi connectivity index (χ3v) is 4.55. The maximum Gasteiger partial charge on any atom is 0.161 e. The minimum absolute atomic E-state index is 0.115. The van der Waals surface area contributed by atoms with Crippen LogP contribution in [0.1, 0.15) is 70.0 Å². The van der Waals surface area contributed by atoms with Crippen LogP contribution in [0.15, 0.2) is 42.0 Å². The zero-order chi connectivity index (χ0) is 15.8. The SMILES string of the molecule is CCCCC(=O)/C(=C\C1CCCCC1)C(O)c1ccccc1. The van der Waals surface area contributed by atoms with Gasteiger partial charge in [-0.25, -0.2) is 0 Å². The average molecular weight is 300 g/mol. The number of hydrogen-bond acceptors (Lipinski definition) is 2. The van der Waals surface area contributed by atoms with E-state index in [4.69, 9.17) is 0 Å². The number of Topliss-reactive ketones (excluding diaryl/α,β-unsaturated/α-hetero) is 1. The van der Waals surface area contributed by atoms with Gasteiger partial charge in [0.05, 0.1) is 0 Å². The molecule has 1 aliphatic rings. The minimum atomic E-state index is -0.785. The Morgan fingerprint density at radius 3 is 2.55 bits per heavy atom. The van der Waals surface area contributed by atoms with E-state index < -0.39 is 6.10 Å². The van der Waals surface area contributed by atoms with Crippen LogP contribution in [0, 0.1) is 5.92 Å². The number of aliphatic hydroxyl groups excluding tert-OH is 1. The molecule has 2 heteroatoms. The lowest BCUT2D eigenvalue weighted by Gasteiger charge is -2.22. The molecule has 0 heterocycles. The Balaban J connectivity index is 2.20. The van der Waals surface area contributed by atoms with Gasteiger partial charge in [0.1, 0.15) is 6.10 Å². The largest absolute Gasteiger partial charge is 0.384 e. The summed E-state index contributed by atoms with van der Waals surface area (Å²) in [6, 6.07) is 9.54. The quantitative estimate of drug-likeness (QED) is 0.721. The van der Waals surface area contributed by atoms with Gasteiger partial charge >= 0.3 is 0 Å². The topological polar surface area (TPSA) is 37.3 Å². The Morgan fingerprint density at radius 1 is 1.23 bits per heavy atom. The van der Waals surface area contributed by atoms with Gasteiger partial charge in [-0.1, -0.05) is 69.0 Å². The highest BCUT2D eigenvalue weighted by atomic mass is 16.3. The Hall–Kier alpha value is -1.41. The molecule has 0 bridgehead atoms. The molecular weight excluding hydrogens is 272 g/mol. The lowest BCUT2D eigenvalue weighted by Crippen LogP contribution is -2.15. The molecule has 1 fully saturated rings. The fraction of sp³-hybridized carbons (Fsp3) is 0.550. The highest BCUT2D eigenvalue weighted by Gasteiger charge is 2.22. The maximum atomic E-state index is 12.6. The number of aliphatic hydroxyl groups is 1. The van der Waals surface area contributed by atoms with E-state index in [1.807, 2.05) is 30.3 Å². The van der Waals surface area contributed by atoms with Crippen molar-refractivity contribution in [3.63, 3.8) is 0 Å². The van der Waals surface area contributed by atoms with Crippen molar-refractivity contribution < 1.29 is 9.90 Å². The highest BCUT2D eigenvalue weighted by molar-refractivity contribution is 5.96. The van der Waals surface area contributed by atoms with Crippen molar-refractivity contribution in [3.8, 4) is 0 Å². The number of carbonyl (C=O) groups is 1. The summed E-state index contributed by atoms with van der Waals surface area (Å²) in [5.74, 6) is 0.566. The van der Waals surface area contributed by atoms with Crippen molar-refractivity contribution in [2.45, 2.75) is 64.4 Å². The molecule has 0 aliphatic heterocycles. The predicted octanol–water partition coefficient (Wildman–Crippen LogP) is 4.99. The Morgan fingerprint density at radius 2 is 1.91 bits per heavy atom. The Bertz CT molecular complexity index is 484. The second-order valence-corrected chi connectivity index (χ2v) is 6.36. The number of ketones is 1. The summed E-state index contributed by atoms with van der Waals surface area (Å²) in [4.78, 5) is 12.6. The molecule has 0 radical (unpaired) electrons. The first kappa shape index (κ1) is 17.0. The van der Waals surface area contributed by atoms with Gasteiger partial charge in [-0.2, -0.15) is 0 Å². The van der Waals surface area contributed by atoms with Crippen molar-refractivity contribution in [1.29, 1.82) is 0 Å². The van der Waals surface area contributed by atoms with E-state index in [9.17, 15) is 9.90 Å². The van der Waals surface area contributed by atoms with Crippen molar-refractivity contribution in [1.82, 2.24) is 0 Å². The maximum absolute atomic E-state index is 12.6. The van der Waals surface area contributed by atoms with Crippen molar-refractivity contribution in [2.75, 3.05) is 0 Å². The van der Waals surface area contributed by atoms with Crippen LogP contribution in [0.2, 0.25) is 0 Å². The van der Waals surface area contributed by atoms with E-state index in [0.29, 0.717) is 17.9 Å². The lowest BCUT2D eigenvalue weighted by molar-refractivity contribution is -0.116. The molecule has 2 rings (SSSR count). The number of benzene rings is 1. The van der Waals surface area contributed by atoms with Gasteiger partial charge in [0, 0.05) is 12.0 Å². The Labute approximate surface area is 134 Å². The molecule has 120 valence electrons. The number of hydrogen-bond donors (Lipinski definition) is 1. The van der Waals surface area contributed by atoms with E-state index in [1.54, 1.807) is 0 Å². The standard InChI is InChI=1S/C20H28O2/c1-2-3-14-19(21)18(15-16-10-6-4-7-11-16)20(22)17-12-8-5-9-13-17/h5,8-9,12-13,15-16,20,22H,2-4,6-7,10-11,14H2,1H3/b18-15+. The molecule has 1 aromatic rings. The summed E-state index contributed by atoms with van der Waals surface area (Å²) >= 11 is 0. The second kappa shape index (κ2) is 8.89. The van der Waals surface area contributed by atoms with E-state index in [0.717, 1.165) is 31.2 Å². The van der Waals surface area contributed by atoms with Crippen molar-refractivity contribution >= 4 is 5.78 Å². The summed E-state index contributed by atoms with van der Waals surface area (Å²) in [6.45, 7) is 2.09. The molecular formula is C20H28O2. The van der Waals surface area contributed by atoms with E-state index in [2.05, 4.69) is 13.0 Å². The predicted molar refractivity (Wildman–Crippen MR) is 90.6 cm³/mol. The van der Waals surface area contributed by atoms with Gasteiger partial charge in [-0.15, -0.1) is 0 Å². The Kier molecular flexibility index (Phi) is 6.85. The summed E-state index contributed by atoms with van der Waals surface area (Å²) in [6.07, 6.45) is 9.79. The molecule has 1 atom stereocenters. The highest BCUT2D eigenvalue weighted by Crippen LogP contribution is 2.30. The molecule has 1 aromatic carbocycles. The molecule has 1 N–H and O–H groups in total. The monoisotopic (exact) mass is 300 g/mol. The first-order valence-corrected chi connectivity index (χ1v) is 8.70. The molecule has 1 unspecified atom stereocenters. The van der Waals surface area contributed by atoms with Gasteiger partial charge < -0.3 is 5.11 Å². The number of unbranched alkanes of at least 4 members (excludes halogenated alkanes) is 1. The van der Waals surface area contributed by atoms with Crippen LogP contribution in [0.25, 0.3) is 0 Å². The van der Waals surface area contributed by atoms with E-state index in [1.165, 1.54) is 19.3 Å². The fourth-order valence-corrected chi connectivity index (χ4v) is 3.19. The molecule has 1 aliphatic carbocycles. The normalized spacial score (nSPS) is 18.2. The summed E-state index contributed by atoms with van der Waals surface area (Å²) < 4.78 is 0. The van der Waals surface area contributed by atoms with Crippen LogP contribution in [-0.4, -0.2) is 10.9 Å². The summed E-state index contributed by atoms with van der Waals surface area (Å²) in [5, 5.41) is 10.7. The zero-order valence-electron chi connectivity index (χ0n) is 13.6. The van der Waals surface area contributed by atoms with Gasteiger partial charge in [-0.05, 0) is 30.7 Å². The number of rotatable bonds is 7. The molecule has 2 nitrogen and oxygen atoms in total. The molecule has 0 spiro atoms. The van der Waals surface area contributed by atoms with Crippen LogP contribution < -0.4 is 0 Å². The summed E-state index contributed by atoms with van der Waals surface area (Å²) in [7, 11) is 0. The van der Waals surface area contributed by atoms with Crippen LogP contribution >= 0.6 is 0 Å². The number of carbonyl (C=O) groups excluding carboxylic acids is 1. The van der Waals surface area contributed by atoms with Gasteiger partial charge in [0.15, 0.2) is 5.78 Å². The van der Waals surface area contributed by atoms with Crippen LogP contribution in [0.4, 0.5) is 0 Å². The minimum Gasteiger partial charge on any atom is -0.384 e. The number of allylic oxidation sites excluding steroid dienone is 1. The van der Waals surface area contributed by atoms with Gasteiger partial charge in [-0.3, -0.25) is 4.79 Å². The first-order chi connectivity index (χ1) is 10.7. The molecule has 1 saturated carbocycles. The lowest BCUT2D eigenvalue weighted by atomic mass is 9.85. The second-order valence-electron chi connectivity index (χ2n) is 6.36.